The monoisotopic (exact) mass is 378 g/mol. The van der Waals surface area contributed by atoms with Gasteiger partial charge in [-0.2, -0.15) is 4.98 Å². The van der Waals surface area contributed by atoms with E-state index in [1.54, 1.807) is 32.3 Å². The average Bonchev–Trinajstić information content (AvgIpc) is 3.05. The zero-order valence-corrected chi connectivity index (χ0v) is 16.1. The number of benzene rings is 1. The Kier molecular flexibility index (Phi) is 6.74. The van der Waals surface area contributed by atoms with Crippen LogP contribution in [-0.2, 0) is 11.2 Å². The summed E-state index contributed by atoms with van der Waals surface area (Å²) in [5, 5.41) is 7.02. The molecule has 0 unspecified atom stereocenters. The molecule has 0 atom stereocenters. The van der Waals surface area contributed by atoms with Crippen LogP contribution in [0.2, 0.25) is 5.02 Å². The SMILES string of the molecule is CC(C)c1noc(CCCC(=O)Nc2cc(C(=O)N(C)C)ccc2Cl)n1. The fourth-order valence-electron chi connectivity index (χ4n) is 2.23. The second-order valence-corrected chi connectivity index (χ2v) is 6.90. The first-order chi connectivity index (χ1) is 12.3. The first-order valence-electron chi connectivity index (χ1n) is 8.41. The molecule has 1 N–H and O–H groups in total. The molecule has 0 aliphatic carbocycles. The molecule has 2 aromatic rings. The third kappa shape index (κ3) is 5.29. The van der Waals surface area contributed by atoms with Crippen LogP contribution >= 0.6 is 11.6 Å². The van der Waals surface area contributed by atoms with Crippen LogP contribution in [0.4, 0.5) is 5.69 Å². The molecular formula is C18H23ClN4O3. The van der Waals surface area contributed by atoms with E-state index in [-0.39, 0.29) is 24.2 Å². The highest BCUT2D eigenvalue weighted by Crippen LogP contribution is 2.24. The number of nitrogens with one attached hydrogen (secondary N) is 1. The Bertz CT molecular complexity index is 786. The highest BCUT2D eigenvalue weighted by Gasteiger charge is 2.13. The van der Waals surface area contributed by atoms with E-state index in [2.05, 4.69) is 15.5 Å². The fraction of sp³-hybridized carbons (Fsp3) is 0.444. The second-order valence-electron chi connectivity index (χ2n) is 6.50. The normalized spacial score (nSPS) is 10.8. The molecular weight excluding hydrogens is 356 g/mol. The van der Waals surface area contributed by atoms with Crippen LogP contribution in [0, 0.1) is 0 Å². The van der Waals surface area contributed by atoms with Crippen LogP contribution in [-0.4, -0.2) is 41.0 Å². The molecule has 7 nitrogen and oxygen atoms in total. The van der Waals surface area contributed by atoms with Crippen molar-refractivity contribution in [1.29, 1.82) is 0 Å². The molecule has 1 aromatic heterocycles. The molecule has 1 heterocycles. The van der Waals surface area contributed by atoms with Gasteiger partial charge in [0.25, 0.3) is 5.91 Å². The van der Waals surface area contributed by atoms with Gasteiger partial charge in [-0.25, -0.2) is 0 Å². The highest BCUT2D eigenvalue weighted by atomic mass is 35.5. The number of aryl methyl sites for hydroxylation is 1. The van der Waals surface area contributed by atoms with Crippen molar-refractivity contribution in [1.82, 2.24) is 15.0 Å². The van der Waals surface area contributed by atoms with Gasteiger partial charge in [0, 0.05) is 38.4 Å². The fourth-order valence-corrected chi connectivity index (χ4v) is 2.39. The van der Waals surface area contributed by atoms with Crippen molar-refractivity contribution in [2.24, 2.45) is 0 Å². The first-order valence-corrected chi connectivity index (χ1v) is 8.79. The predicted molar refractivity (Wildman–Crippen MR) is 99.4 cm³/mol. The van der Waals surface area contributed by atoms with E-state index in [0.717, 1.165) is 0 Å². The lowest BCUT2D eigenvalue weighted by Crippen LogP contribution is -2.22. The van der Waals surface area contributed by atoms with Crippen LogP contribution < -0.4 is 5.32 Å². The summed E-state index contributed by atoms with van der Waals surface area (Å²) in [6, 6.07) is 4.80. The Balaban J connectivity index is 1.90. The Morgan fingerprint density at radius 2 is 2.04 bits per heavy atom. The number of carbonyl (C=O) groups is 2. The largest absolute Gasteiger partial charge is 0.345 e. The van der Waals surface area contributed by atoms with Gasteiger partial charge in [-0.05, 0) is 24.6 Å². The number of aromatic nitrogens is 2. The minimum absolute atomic E-state index is 0.158. The molecule has 0 radical (unpaired) electrons. The number of hydrogen-bond donors (Lipinski definition) is 1. The Morgan fingerprint density at radius 3 is 2.65 bits per heavy atom. The van der Waals surface area contributed by atoms with Crippen molar-refractivity contribution in [3.05, 3.63) is 40.5 Å². The molecule has 0 spiro atoms. The van der Waals surface area contributed by atoms with Gasteiger partial charge in [-0.15, -0.1) is 0 Å². The van der Waals surface area contributed by atoms with Crippen LogP contribution in [0.25, 0.3) is 0 Å². The van der Waals surface area contributed by atoms with Crippen molar-refractivity contribution >= 4 is 29.1 Å². The number of nitrogens with zero attached hydrogens (tertiary/aromatic N) is 3. The molecule has 0 fully saturated rings. The number of hydrogen-bond acceptors (Lipinski definition) is 5. The molecule has 0 aliphatic rings. The molecule has 0 bridgehead atoms. The third-order valence-electron chi connectivity index (χ3n) is 3.69. The maximum absolute atomic E-state index is 12.2. The maximum atomic E-state index is 12.2. The van der Waals surface area contributed by atoms with Crippen LogP contribution in [0.5, 0.6) is 0 Å². The molecule has 0 saturated heterocycles. The molecule has 2 amide bonds. The van der Waals surface area contributed by atoms with Gasteiger partial charge in [0.15, 0.2) is 5.82 Å². The van der Waals surface area contributed by atoms with Crippen molar-refractivity contribution in [3.63, 3.8) is 0 Å². The summed E-state index contributed by atoms with van der Waals surface area (Å²) in [4.78, 5) is 29.9. The van der Waals surface area contributed by atoms with Gasteiger partial charge in [0.05, 0.1) is 10.7 Å². The number of halogens is 1. The average molecular weight is 379 g/mol. The van der Waals surface area contributed by atoms with Gasteiger partial charge in [0.1, 0.15) is 0 Å². The minimum atomic E-state index is -0.190. The molecule has 1 aromatic carbocycles. The second kappa shape index (κ2) is 8.80. The van der Waals surface area contributed by atoms with E-state index in [9.17, 15) is 9.59 Å². The number of carbonyl (C=O) groups excluding carboxylic acids is 2. The lowest BCUT2D eigenvalue weighted by atomic mass is 10.1. The summed E-state index contributed by atoms with van der Waals surface area (Å²) in [6.07, 6.45) is 1.38. The van der Waals surface area contributed by atoms with E-state index >= 15 is 0 Å². The van der Waals surface area contributed by atoms with Crippen LogP contribution in [0.3, 0.4) is 0 Å². The lowest BCUT2D eigenvalue weighted by molar-refractivity contribution is -0.116. The van der Waals surface area contributed by atoms with Gasteiger partial charge in [0.2, 0.25) is 11.8 Å². The summed E-state index contributed by atoms with van der Waals surface area (Å²) in [5.74, 6) is 1.05. The van der Waals surface area contributed by atoms with Crippen molar-refractivity contribution < 1.29 is 14.1 Å². The Hall–Kier alpha value is -2.41. The summed E-state index contributed by atoms with van der Waals surface area (Å²) >= 11 is 6.11. The summed E-state index contributed by atoms with van der Waals surface area (Å²) < 4.78 is 5.15. The smallest absolute Gasteiger partial charge is 0.253 e. The molecule has 2 rings (SSSR count). The molecule has 140 valence electrons. The number of amides is 2. The number of rotatable bonds is 7. The third-order valence-corrected chi connectivity index (χ3v) is 4.02. The van der Waals surface area contributed by atoms with Gasteiger partial charge >= 0.3 is 0 Å². The standard InChI is InChI=1S/C18H23ClN4O3/c1-11(2)17-21-16(26-22-17)7-5-6-15(24)20-14-10-12(8-9-13(14)19)18(25)23(3)4/h8-11H,5-7H2,1-4H3,(H,20,24). The molecule has 0 saturated carbocycles. The van der Waals surface area contributed by atoms with E-state index in [0.29, 0.717) is 40.8 Å². The van der Waals surface area contributed by atoms with Crippen LogP contribution in [0.1, 0.15) is 54.7 Å². The lowest BCUT2D eigenvalue weighted by Gasteiger charge is -2.13. The van der Waals surface area contributed by atoms with Crippen molar-refractivity contribution in [2.75, 3.05) is 19.4 Å². The van der Waals surface area contributed by atoms with Crippen molar-refractivity contribution in [3.8, 4) is 0 Å². The highest BCUT2D eigenvalue weighted by molar-refractivity contribution is 6.33. The van der Waals surface area contributed by atoms with E-state index in [4.69, 9.17) is 16.1 Å². The summed E-state index contributed by atoms with van der Waals surface area (Å²) in [7, 11) is 3.33. The molecule has 0 aliphatic heterocycles. The Morgan fingerprint density at radius 1 is 1.31 bits per heavy atom. The summed E-state index contributed by atoms with van der Waals surface area (Å²) in [6.45, 7) is 3.97. The zero-order valence-electron chi connectivity index (χ0n) is 15.4. The van der Waals surface area contributed by atoms with E-state index in [1.807, 2.05) is 13.8 Å². The van der Waals surface area contributed by atoms with E-state index in [1.165, 1.54) is 4.90 Å². The minimum Gasteiger partial charge on any atom is -0.345 e. The van der Waals surface area contributed by atoms with Gasteiger partial charge in [-0.1, -0.05) is 30.6 Å². The topological polar surface area (TPSA) is 88.3 Å². The first kappa shape index (κ1) is 19.9. The predicted octanol–water partition coefficient (Wildman–Crippen LogP) is 3.51. The quantitative estimate of drug-likeness (QED) is 0.796. The van der Waals surface area contributed by atoms with E-state index < -0.39 is 0 Å². The van der Waals surface area contributed by atoms with Gasteiger partial charge < -0.3 is 14.7 Å². The zero-order chi connectivity index (χ0) is 19.3. The van der Waals surface area contributed by atoms with Crippen LogP contribution in [0.15, 0.2) is 22.7 Å². The maximum Gasteiger partial charge on any atom is 0.253 e. The molecule has 26 heavy (non-hydrogen) atoms. The summed E-state index contributed by atoms with van der Waals surface area (Å²) in [5.41, 5.74) is 0.881. The molecule has 8 heteroatoms. The van der Waals surface area contributed by atoms with Crippen molar-refractivity contribution in [2.45, 2.75) is 39.0 Å². The Labute approximate surface area is 157 Å². The number of anilines is 1. The van der Waals surface area contributed by atoms with Gasteiger partial charge in [-0.3, -0.25) is 9.59 Å².